The van der Waals surface area contributed by atoms with E-state index in [0.29, 0.717) is 13.0 Å². The molecule has 246 valence electrons. The van der Waals surface area contributed by atoms with E-state index >= 15 is 0 Å². The Morgan fingerprint density at radius 3 is 1.52 bits per heavy atom. The summed E-state index contributed by atoms with van der Waals surface area (Å²) < 4.78 is 4.48. The van der Waals surface area contributed by atoms with E-state index < -0.39 is 20.3 Å². The second kappa shape index (κ2) is 12.3. The van der Waals surface area contributed by atoms with Gasteiger partial charge in [0.15, 0.2) is 0 Å². The van der Waals surface area contributed by atoms with E-state index in [1.54, 1.807) is 28.3 Å². The number of aromatic hydroxyl groups is 1. The van der Waals surface area contributed by atoms with Crippen molar-refractivity contribution in [2.24, 2.45) is 0 Å². The van der Waals surface area contributed by atoms with Gasteiger partial charge in [0, 0.05) is 0 Å². The molecule has 1 nitrogen and oxygen atoms in total. The summed E-state index contributed by atoms with van der Waals surface area (Å²) in [5.41, 5.74) is 12.1. The molecule has 0 radical (unpaired) electrons. The first kappa shape index (κ1) is 33.3. The van der Waals surface area contributed by atoms with Crippen LogP contribution in [0.25, 0.3) is 33.7 Å². The van der Waals surface area contributed by atoms with Crippen LogP contribution in [-0.2, 0) is 31.1 Å². The Morgan fingerprint density at radius 1 is 0.583 bits per heavy atom. The van der Waals surface area contributed by atoms with Crippen molar-refractivity contribution in [3.8, 4) is 5.75 Å². The molecule has 2 atom stereocenters. The predicted molar refractivity (Wildman–Crippen MR) is 205 cm³/mol. The molecule has 0 bridgehead atoms. The van der Waals surface area contributed by atoms with Gasteiger partial charge in [-0.2, -0.15) is 0 Å². The molecule has 3 aliphatic rings. The second-order valence-corrected chi connectivity index (χ2v) is 28.3. The number of rotatable bonds is 2. The van der Waals surface area contributed by atoms with E-state index in [2.05, 4.69) is 146 Å². The Balaban J connectivity index is 0.000000206. The molecule has 2 unspecified atom stereocenters. The summed E-state index contributed by atoms with van der Waals surface area (Å²) in [6, 6.07) is 33.7. The van der Waals surface area contributed by atoms with Crippen LogP contribution in [0, 0.1) is 0 Å². The van der Waals surface area contributed by atoms with Crippen molar-refractivity contribution in [3.05, 3.63) is 136 Å². The van der Waals surface area contributed by atoms with Crippen molar-refractivity contribution < 1.29 is 25.4 Å². The molecule has 1 N–H and O–H groups in total. The molecule has 1 heterocycles. The molecule has 2 aliphatic carbocycles. The van der Waals surface area contributed by atoms with Gasteiger partial charge >= 0.3 is 202 Å². The molecule has 5 aromatic rings. The van der Waals surface area contributed by atoms with Gasteiger partial charge < -0.3 is 5.11 Å². The van der Waals surface area contributed by atoms with Crippen molar-refractivity contribution in [1.29, 1.82) is 0 Å². The van der Waals surface area contributed by atoms with Gasteiger partial charge in [-0.1, -0.05) is 53.7 Å². The summed E-state index contributed by atoms with van der Waals surface area (Å²) in [5, 5.41) is 15.5. The fraction of sp³-hybridized carbons (Fsp3) is 0.348. The molecule has 0 aromatic heterocycles. The van der Waals surface area contributed by atoms with E-state index in [4.69, 9.17) is 0 Å². The predicted octanol–water partition coefficient (Wildman–Crippen LogP) is 13.4. The fourth-order valence-electron chi connectivity index (χ4n) is 9.47. The van der Waals surface area contributed by atoms with Crippen molar-refractivity contribution in [1.82, 2.24) is 0 Å². The van der Waals surface area contributed by atoms with Crippen molar-refractivity contribution in [2.75, 3.05) is 0 Å². The first-order valence-corrected chi connectivity index (χ1v) is 24.3. The number of hydrogen-bond donors (Lipinski definition) is 1. The summed E-state index contributed by atoms with van der Waals surface area (Å²) >= 11 is -2.72. The minimum absolute atomic E-state index is 0.00859. The van der Waals surface area contributed by atoms with Gasteiger partial charge in [-0.15, -0.1) is 0 Å². The van der Waals surface area contributed by atoms with Crippen molar-refractivity contribution in [2.45, 2.75) is 94.6 Å². The zero-order chi connectivity index (χ0) is 34.0. The monoisotopic (exact) mass is 710 g/mol. The van der Waals surface area contributed by atoms with E-state index in [9.17, 15) is 5.11 Å². The van der Waals surface area contributed by atoms with Crippen LogP contribution in [-0.4, -0.2) is 5.11 Å². The molecule has 0 saturated carbocycles. The Hall–Kier alpha value is -3.22. The van der Waals surface area contributed by atoms with Gasteiger partial charge in [0.05, 0.1) is 0 Å². The van der Waals surface area contributed by atoms with Crippen molar-refractivity contribution >= 4 is 33.7 Å². The molecule has 0 spiro atoms. The SMILES string of the molecule is CC(C)(C)c1ccc(O)c(C(C)(C)C)c1.CC1=Cc2c(ccc3ccccc23)[CH]1[Zr]1([CH]2C(C)=Cc3c2ccc2ccccc32)[CH2]CC[CH2]1. The number of hydrogen-bond acceptors (Lipinski definition) is 1. The number of allylic oxidation sites excluding steroid dienone is 2. The van der Waals surface area contributed by atoms with Gasteiger partial charge in [0.1, 0.15) is 5.75 Å². The second-order valence-electron chi connectivity index (χ2n) is 16.9. The van der Waals surface area contributed by atoms with Gasteiger partial charge in [-0.25, -0.2) is 0 Å². The summed E-state index contributed by atoms with van der Waals surface area (Å²) in [4.78, 5) is 0. The number of benzene rings is 5. The zero-order valence-corrected chi connectivity index (χ0v) is 32.7. The maximum absolute atomic E-state index is 9.84. The molecule has 1 aliphatic heterocycles. The van der Waals surface area contributed by atoms with E-state index in [1.807, 2.05) is 6.07 Å². The molecule has 1 saturated heterocycles. The van der Waals surface area contributed by atoms with Crippen molar-refractivity contribution in [3.63, 3.8) is 0 Å². The average Bonchev–Trinajstić information content (AvgIpc) is 3.75. The third-order valence-electron chi connectivity index (χ3n) is 11.6. The molecule has 2 heteroatoms. The van der Waals surface area contributed by atoms with E-state index in [1.165, 1.54) is 59.3 Å². The maximum atomic E-state index is 9.84. The molecular formula is C46H52OZr. The van der Waals surface area contributed by atoms with Crippen LogP contribution >= 0.6 is 0 Å². The van der Waals surface area contributed by atoms with Gasteiger partial charge in [-0.05, 0) is 28.0 Å². The van der Waals surface area contributed by atoms with Gasteiger partial charge in [0.2, 0.25) is 0 Å². The van der Waals surface area contributed by atoms with E-state index in [0.717, 1.165) is 5.56 Å². The standard InChI is InChI=1S/C14H22O.2C14H11.C4H8.Zr/c1-13(2,3)10-7-8-12(15)11(9-10)14(4,5)6;2*1-10-8-12-7-6-11-4-2-3-5-13(11)14(12)9-10;1-3-4-2;/h7-9,15H,1-6H3;2*2-9H,1H3;1-4H2;. The molecule has 0 amide bonds. The van der Waals surface area contributed by atoms with Crippen LogP contribution in [0.3, 0.4) is 0 Å². The molecule has 5 aromatic carbocycles. The van der Waals surface area contributed by atoms with Gasteiger partial charge in [-0.3, -0.25) is 0 Å². The average molecular weight is 712 g/mol. The Morgan fingerprint density at radius 2 is 1.06 bits per heavy atom. The fourth-order valence-corrected chi connectivity index (χ4v) is 27.4. The quantitative estimate of drug-likeness (QED) is 0.193. The third-order valence-corrected chi connectivity index (χ3v) is 27.4. The number of fused-ring (bicyclic) bond motifs is 6. The first-order valence-electron chi connectivity index (χ1n) is 18.0. The Kier molecular flexibility index (Phi) is 8.52. The zero-order valence-electron chi connectivity index (χ0n) is 30.2. The molecule has 1 fully saturated rings. The van der Waals surface area contributed by atoms with Crippen LogP contribution in [0.5, 0.6) is 5.75 Å². The Bertz CT molecular complexity index is 1980. The minimum atomic E-state index is -2.72. The van der Waals surface area contributed by atoms with Crippen LogP contribution in [0.2, 0.25) is 8.26 Å². The molecule has 48 heavy (non-hydrogen) atoms. The third kappa shape index (κ3) is 5.67. The van der Waals surface area contributed by atoms with Crippen LogP contribution in [0.1, 0.15) is 109 Å². The normalized spacial score (nSPS) is 19.8. The summed E-state index contributed by atoms with van der Waals surface area (Å²) in [5.74, 6) is 0.399. The molecule has 8 rings (SSSR count). The topological polar surface area (TPSA) is 20.2 Å². The van der Waals surface area contributed by atoms with Gasteiger partial charge in [0.25, 0.3) is 0 Å². The van der Waals surface area contributed by atoms with Crippen LogP contribution < -0.4 is 0 Å². The van der Waals surface area contributed by atoms with Crippen LogP contribution in [0.4, 0.5) is 0 Å². The molecular weight excluding hydrogens is 660 g/mol. The first-order chi connectivity index (χ1) is 22.8. The summed E-state index contributed by atoms with van der Waals surface area (Å²) in [6.07, 6.45) is 8.01. The summed E-state index contributed by atoms with van der Waals surface area (Å²) in [6.45, 7) is 17.8. The summed E-state index contributed by atoms with van der Waals surface area (Å²) in [7, 11) is 0. The van der Waals surface area contributed by atoms with Crippen LogP contribution in [0.15, 0.2) is 102 Å². The number of phenolic OH excluding ortho intramolecular Hbond substituents is 1. The van der Waals surface area contributed by atoms with E-state index in [-0.39, 0.29) is 10.8 Å². The number of phenols is 1. The Labute approximate surface area is 293 Å².